The number of ether oxygens (including phenoxy) is 3. The first-order valence-electron chi connectivity index (χ1n) is 11.1. The zero-order valence-electron chi connectivity index (χ0n) is 18.1. The molecule has 6 heteroatoms. The van der Waals surface area contributed by atoms with E-state index in [1.165, 1.54) is 5.06 Å². The molecule has 2 heterocycles. The summed E-state index contributed by atoms with van der Waals surface area (Å²) in [5.41, 5.74) is 3.95. The first-order chi connectivity index (χ1) is 15.2. The molecule has 2 aliphatic rings. The minimum Gasteiger partial charge on any atom is -0.373 e. The van der Waals surface area contributed by atoms with Crippen LogP contribution in [0.1, 0.15) is 58.8 Å². The molecule has 0 bridgehead atoms. The van der Waals surface area contributed by atoms with E-state index in [2.05, 4.69) is 0 Å². The maximum absolute atomic E-state index is 12.8. The van der Waals surface area contributed by atoms with Gasteiger partial charge in [-0.1, -0.05) is 36.4 Å². The van der Waals surface area contributed by atoms with Crippen LogP contribution in [-0.4, -0.2) is 44.1 Å². The lowest BCUT2D eigenvalue weighted by molar-refractivity contribution is -0.167. The maximum atomic E-state index is 12.8. The molecule has 1 saturated heterocycles. The first kappa shape index (κ1) is 22.0. The van der Waals surface area contributed by atoms with Gasteiger partial charge in [-0.2, -0.15) is 0 Å². The molecule has 4 rings (SSSR count). The predicted octanol–water partition coefficient (Wildman–Crippen LogP) is 4.44. The number of benzene rings is 2. The monoisotopic (exact) mass is 425 g/mol. The van der Waals surface area contributed by atoms with Crippen molar-refractivity contribution in [1.82, 2.24) is 5.06 Å². The molecule has 2 aliphatic heterocycles. The molecule has 2 atom stereocenters. The molecule has 1 fully saturated rings. The van der Waals surface area contributed by atoms with Gasteiger partial charge in [0.15, 0.2) is 6.29 Å². The molecule has 0 saturated carbocycles. The lowest BCUT2D eigenvalue weighted by atomic mass is 9.94. The van der Waals surface area contributed by atoms with Crippen molar-refractivity contribution in [3.63, 3.8) is 0 Å². The molecular weight excluding hydrogens is 394 g/mol. The van der Waals surface area contributed by atoms with E-state index in [4.69, 9.17) is 19.0 Å². The van der Waals surface area contributed by atoms with Gasteiger partial charge >= 0.3 is 0 Å². The second kappa shape index (κ2) is 10.9. The van der Waals surface area contributed by atoms with Crippen LogP contribution in [0.2, 0.25) is 0 Å². The minimum atomic E-state index is -0.153. The second-order valence-corrected chi connectivity index (χ2v) is 8.04. The molecule has 1 unspecified atom stereocenters. The highest BCUT2D eigenvalue weighted by molar-refractivity contribution is 5.93. The molecule has 0 aromatic heterocycles. The molecule has 31 heavy (non-hydrogen) atoms. The zero-order chi connectivity index (χ0) is 21.5. The first-order valence-corrected chi connectivity index (χ1v) is 11.1. The van der Waals surface area contributed by atoms with Gasteiger partial charge in [0.2, 0.25) is 0 Å². The molecule has 1 amide bonds. The van der Waals surface area contributed by atoms with Gasteiger partial charge in [-0.25, -0.2) is 5.06 Å². The van der Waals surface area contributed by atoms with E-state index in [9.17, 15) is 4.79 Å². The van der Waals surface area contributed by atoms with E-state index in [1.807, 2.05) is 48.5 Å². The SMILES string of the molecule is CN(OCc1ccccc1)C(=O)c1ccc2c(c1)CCOC2CCO[C@H]1CCCCO1. The minimum absolute atomic E-state index is 0.0106. The number of nitrogens with zero attached hydrogens (tertiary/aromatic N) is 1. The van der Waals surface area contributed by atoms with Crippen molar-refractivity contribution in [2.24, 2.45) is 0 Å². The number of rotatable bonds is 8. The summed E-state index contributed by atoms with van der Waals surface area (Å²) in [6, 6.07) is 15.7. The Bertz CT molecular complexity index is 850. The normalized spacial score (nSPS) is 20.8. The highest BCUT2D eigenvalue weighted by Crippen LogP contribution is 2.31. The van der Waals surface area contributed by atoms with Crippen molar-refractivity contribution in [2.45, 2.75) is 51.1 Å². The van der Waals surface area contributed by atoms with Gasteiger partial charge < -0.3 is 14.2 Å². The molecule has 0 N–H and O–H groups in total. The third kappa shape index (κ3) is 5.92. The van der Waals surface area contributed by atoms with E-state index < -0.39 is 0 Å². The molecule has 0 aliphatic carbocycles. The van der Waals surface area contributed by atoms with Crippen LogP contribution in [0, 0.1) is 0 Å². The Morgan fingerprint density at radius 3 is 2.77 bits per heavy atom. The van der Waals surface area contributed by atoms with E-state index >= 15 is 0 Å². The molecule has 2 aromatic carbocycles. The van der Waals surface area contributed by atoms with E-state index in [1.54, 1.807) is 7.05 Å². The fourth-order valence-electron chi connectivity index (χ4n) is 4.04. The quantitative estimate of drug-likeness (QED) is 0.586. The van der Waals surface area contributed by atoms with Crippen LogP contribution in [0.4, 0.5) is 0 Å². The fraction of sp³-hybridized carbons (Fsp3) is 0.480. The summed E-state index contributed by atoms with van der Waals surface area (Å²) in [6.07, 6.45) is 4.73. The molecule has 2 aromatic rings. The Hall–Kier alpha value is -2.25. The Balaban J connectivity index is 1.33. The summed E-state index contributed by atoms with van der Waals surface area (Å²) in [7, 11) is 1.65. The van der Waals surface area contributed by atoms with Crippen molar-refractivity contribution in [3.8, 4) is 0 Å². The number of fused-ring (bicyclic) bond motifs is 1. The van der Waals surface area contributed by atoms with E-state index in [0.717, 1.165) is 55.4 Å². The van der Waals surface area contributed by atoms with Crippen LogP contribution >= 0.6 is 0 Å². The van der Waals surface area contributed by atoms with Crippen molar-refractivity contribution in [2.75, 3.05) is 26.9 Å². The smallest absolute Gasteiger partial charge is 0.277 e. The van der Waals surface area contributed by atoms with E-state index in [0.29, 0.717) is 25.4 Å². The van der Waals surface area contributed by atoms with Crippen molar-refractivity contribution in [1.29, 1.82) is 0 Å². The van der Waals surface area contributed by atoms with E-state index in [-0.39, 0.29) is 18.3 Å². The summed E-state index contributed by atoms with van der Waals surface area (Å²) in [4.78, 5) is 18.5. The summed E-state index contributed by atoms with van der Waals surface area (Å²) in [5, 5.41) is 1.31. The van der Waals surface area contributed by atoms with Crippen LogP contribution < -0.4 is 0 Å². The van der Waals surface area contributed by atoms with Crippen molar-refractivity contribution in [3.05, 3.63) is 70.8 Å². The lowest BCUT2D eigenvalue weighted by Gasteiger charge is -2.28. The summed E-state index contributed by atoms with van der Waals surface area (Å²) in [5.74, 6) is -0.153. The Labute approximate surface area is 184 Å². The number of hydrogen-bond acceptors (Lipinski definition) is 5. The molecule has 0 radical (unpaired) electrons. The maximum Gasteiger partial charge on any atom is 0.277 e. The van der Waals surface area contributed by atoms with Crippen molar-refractivity contribution >= 4 is 5.91 Å². The van der Waals surface area contributed by atoms with Gasteiger partial charge in [0.1, 0.15) is 6.61 Å². The average Bonchev–Trinajstić information content (AvgIpc) is 2.83. The largest absolute Gasteiger partial charge is 0.373 e. The lowest BCUT2D eigenvalue weighted by Crippen LogP contribution is -2.27. The highest BCUT2D eigenvalue weighted by Gasteiger charge is 2.24. The summed E-state index contributed by atoms with van der Waals surface area (Å²) >= 11 is 0. The Morgan fingerprint density at radius 2 is 1.97 bits per heavy atom. The molecule has 6 nitrogen and oxygen atoms in total. The standard InChI is InChI=1S/C25H31NO5/c1-26(31-18-19-7-3-2-4-8-19)25(27)21-10-11-22-20(17-21)12-15-28-23(22)13-16-30-24-9-5-6-14-29-24/h2-4,7-8,10-11,17,23-24H,5-6,9,12-16,18H2,1H3/t23?,24-/m0/s1. The zero-order valence-corrected chi connectivity index (χ0v) is 18.1. The summed E-state index contributed by atoms with van der Waals surface area (Å²) in [6.45, 7) is 2.39. The van der Waals surface area contributed by atoms with Gasteiger partial charge in [0, 0.05) is 25.6 Å². The Morgan fingerprint density at radius 1 is 1.10 bits per heavy atom. The number of carbonyl (C=O) groups is 1. The van der Waals surface area contributed by atoms with Crippen molar-refractivity contribution < 1.29 is 23.8 Å². The molecule has 0 spiro atoms. The van der Waals surface area contributed by atoms with Gasteiger partial charge in [-0.3, -0.25) is 9.63 Å². The van der Waals surface area contributed by atoms with Crippen LogP contribution in [0.15, 0.2) is 48.5 Å². The molecular formula is C25H31NO5. The van der Waals surface area contributed by atoms with Gasteiger partial charge in [0.05, 0.1) is 19.3 Å². The topological polar surface area (TPSA) is 57.2 Å². The van der Waals surface area contributed by atoms with Crippen LogP contribution in [-0.2, 0) is 32.1 Å². The number of carbonyl (C=O) groups excluding carboxylic acids is 1. The molecule has 166 valence electrons. The second-order valence-electron chi connectivity index (χ2n) is 8.04. The predicted molar refractivity (Wildman–Crippen MR) is 116 cm³/mol. The Kier molecular flexibility index (Phi) is 7.70. The fourth-order valence-corrected chi connectivity index (χ4v) is 4.04. The van der Waals surface area contributed by atoms with Gasteiger partial charge in [-0.15, -0.1) is 0 Å². The van der Waals surface area contributed by atoms with Crippen LogP contribution in [0.5, 0.6) is 0 Å². The average molecular weight is 426 g/mol. The summed E-state index contributed by atoms with van der Waals surface area (Å²) < 4.78 is 17.5. The van der Waals surface area contributed by atoms with Gasteiger partial charge in [-0.05, 0) is 54.5 Å². The number of amides is 1. The number of hydroxylamine groups is 2. The third-order valence-electron chi connectivity index (χ3n) is 5.80. The van der Waals surface area contributed by atoms with Crippen LogP contribution in [0.25, 0.3) is 0 Å². The number of hydrogen-bond donors (Lipinski definition) is 0. The van der Waals surface area contributed by atoms with Gasteiger partial charge in [0.25, 0.3) is 5.91 Å². The third-order valence-corrected chi connectivity index (χ3v) is 5.80. The van der Waals surface area contributed by atoms with Crippen LogP contribution in [0.3, 0.4) is 0 Å². The highest BCUT2D eigenvalue weighted by atomic mass is 16.7.